The van der Waals surface area contributed by atoms with E-state index in [1.54, 1.807) is 31.4 Å². The molecule has 0 amide bonds. The quantitative estimate of drug-likeness (QED) is 0.859. The molecule has 0 atom stereocenters. The third-order valence-corrected chi connectivity index (χ3v) is 3.45. The van der Waals surface area contributed by atoms with Gasteiger partial charge in [-0.15, -0.1) is 0 Å². The van der Waals surface area contributed by atoms with E-state index in [0.29, 0.717) is 28.5 Å². The van der Waals surface area contributed by atoms with Gasteiger partial charge in [0.15, 0.2) is 11.5 Å². The van der Waals surface area contributed by atoms with Crippen molar-refractivity contribution in [1.82, 2.24) is 9.97 Å². The highest BCUT2D eigenvalue weighted by molar-refractivity contribution is 6.29. The molecule has 0 bridgehead atoms. The summed E-state index contributed by atoms with van der Waals surface area (Å²) in [5.74, 6) is 2.57. The van der Waals surface area contributed by atoms with Crippen molar-refractivity contribution in [1.29, 1.82) is 0 Å². The number of methoxy groups -OCH3 is 1. The van der Waals surface area contributed by atoms with Gasteiger partial charge in [-0.1, -0.05) is 17.7 Å². The smallest absolute Gasteiger partial charge is 0.224 e. The van der Waals surface area contributed by atoms with Crippen LogP contribution in [0.25, 0.3) is 0 Å². The Balaban J connectivity index is 1.89. The highest BCUT2D eigenvalue weighted by Gasteiger charge is 2.27. The van der Waals surface area contributed by atoms with E-state index in [0.717, 1.165) is 24.2 Å². The van der Waals surface area contributed by atoms with Crippen LogP contribution in [0.4, 0.5) is 0 Å². The van der Waals surface area contributed by atoms with Gasteiger partial charge in [0.25, 0.3) is 0 Å². The lowest BCUT2D eigenvalue weighted by atomic mass is 10.2. The summed E-state index contributed by atoms with van der Waals surface area (Å²) in [6.45, 7) is -0.0538. The van der Waals surface area contributed by atoms with Gasteiger partial charge >= 0.3 is 0 Å². The molecular weight excluding hydrogens is 292 g/mol. The van der Waals surface area contributed by atoms with Crippen molar-refractivity contribution in [2.24, 2.45) is 0 Å². The van der Waals surface area contributed by atoms with Gasteiger partial charge in [-0.25, -0.2) is 4.98 Å². The number of benzene rings is 1. The molecule has 1 heterocycles. The molecule has 1 saturated carbocycles. The molecule has 1 aliphatic rings. The largest absolute Gasteiger partial charge is 0.493 e. The van der Waals surface area contributed by atoms with Gasteiger partial charge in [-0.05, 0) is 30.5 Å². The zero-order chi connectivity index (χ0) is 14.8. The maximum absolute atomic E-state index is 9.14. The summed E-state index contributed by atoms with van der Waals surface area (Å²) in [4.78, 5) is 8.60. The number of hydrogen-bond acceptors (Lipinski definition) is 5. The van der Waals surface area contributed by atoms with E-state index in [9.17, 15) is 0 Å². The van der Waals surface area contributed by atoms with Crippen molar-refractivity contribution in [3.05, 3.63) is 40.8 Å². The van der Waals surface area contributed by atoms with Crippen LogP contribution < -0.4 is 9.47 Å². The monoisotopic (exact) mass is 306 g/mol. The Morgan fingerprint density at radius 1 is 1.24 bits per heavy atom. The van der Waals surface area contributed by atoms with Gasteiger partial charge in [-0.2, -0.15) is 4.98 Å². The highest BCUT2D eigenvalue weighted by Crippen LogP contribution is 2.40. The second-order valence-corrected chi connectivity index (χ2v) is 5.29. The first kappa shape index (κ1) is 14.1. The fourth-order valence-corrected chi connectivity index (χ4v) is 2.18. The van der Waals surface area contributed by atoms with Gasteiger partial charge in [0.1, 0.15) is 11.0 Å². The fraction of sp³-hybridized carbons (Fsp3) is 0.333. The molecule has 0 unspecified atom stereocenters. The van der Waals surface area contributed by atoms with Crippen molar-refractivity contribution in [2.45, 2.75) is 25.4 Å². The second-order valence-electron chi connectivity index (χ2n) is 4.91. The Labute approximate surface area is 127 Å². The lowest BCUT2D eigenvalue weighted by molar-refractivity contribution is 0.280. The van der Waals surface area contributed by atoms with E-state index in [2.05, 4.69) is 9.97 Å². The first-order valence-electron chi connectivity index (χ1n) is 6.69. The zero-order valence-electron chi connectivity index (χ0n) is 11.5. The molecule has 2 aromatic rings. The molecule has 1 aromatic heterocycles. The van der Waals surface area contributed by atoms with E-state index in [-0.39, 0.29) is 6.61 Å². The number of hydrogen-bond donors (Lipinski definition) is 1. The standard InChI is InChI=1S/C15H15ClN2O3/c1-20-12-6-9(8-19)2-5-11(12)21-14-7-13(16)17-15(18-14)10-3-4-10/h2,5-7,10,19H,3-4,8H2,1H3. The van der Waals surface area contributed by atoms with E-state index in [1.807, 2.05) is 0 Å². The first-order chi connectivity index (χ1) is 10.2. The number of rotatable bonds is 5. The lowest BCUT2D eigenvalue weighted by Gasteiger charge is -2.11. The topological polar surface area (TPSA) is 64.5 Å². The minimum absolute atomic E-state index is 0.0538. The molecule has 0 aliphatic heterocycles. The van der Waals surface area contributed by atoms with Crippen LogP contribution in [0.2, 0.25) is 5.15 Å². The van der Waals surface area contributed by atoms with Crippen LogP contribution in [0.5, 0.6) is 17.4 Å². The number of halogens is 1. The second kappa shape index (κ2) is 5.87. The maximum atomic E-state index is 9.14. The Kier molecular flexibility index (Phi) is 3.94. The van der Waals surface area contributed by atoms with Crippen LogP contribution in [-0.4, -0.2) is 22.2 Å². The van der Waals surface area contributed by atoms with Crippen LogP contribution in [-0.2, 0) is 6.61 Å². The average molecular weight is 307 g/mol. The summed E-state index contributed by atoms with van der Waals surface area (Å²) >= 11 is 6.01. The van der Waals surface area contributed by atoms with E-state index >= 15 is 0 Å². The first-order valence-corrected chi connectivity index (χ1v) is 7.07. The van der Waals surface area contributed by atoms with Crippen LogP contribution in [0.15, 0.2) is 24.3 Å². The SMILES string of the molecule is COc1cc(CO)ccc1Oc1cc(Cl)nc(C2CC2)n1. The minimum atomic E-state index is -0.0538. The van der Waals surface area contributed by atoms with Gasteiger partial charge in [0, 0.05) is 12.0 Å². The predicted molar refractivity (Wildman–Crippen MR) is 78.0 cm³/mol. The third-order valence-electron chi connectivity index (χ3n) is 3.26. The molecule has 0 spiro atoms. The minimum Gasteiger partial charge on any atom is -0.493 e. The number of nitrogens with zero attached hydrogens (tertiary/aromatic N) is 2. The van der Waals surface area contributed by atoms with Gasteiger partial charge in [0.2, 0.25) is 5.88 Å². The molecule has 1 fully saturated rings. The van der Waals surface area contributed by atoms with Crippen LogP contribution >= 0.6 is 11.6 Å². The molecule has 1 N–H and O–H groups in total. The van der Waals surface area contributed by atoms with Crippen LogP contribution in [0, 0.1) is 0 Å². The zero-order valence-corrected chi connectivity index (χ0v) is 12.3. The Hall–Kier alpha value is -1.85. The molecule has 6 heteroatoms. The lowest BCUT2D eigenvalue weighted by Crippen LogP contribution is -1.98. The maximum Gasteiger partial charge on any atom is 0.224 e. The summed E-state index contributed by atoms with van der Waals surface area (Å²) in [6.07, 6.45) is 2.18. The number of aliphatic hydroxyl groups is 1. The molecule has 21 heavy (non-hydrogen) atoms. The van der Waals surface area contributed by atoms with E-state index in [4.69, 9.17) is 26.2 Å². The van der Waals surface area contributed by atoms with E-state index in [1.165, 1.54) is 0 Å². The Morgan fingerprint density at radius 2 is 2.05 bits per heavy atom. The van der Waals surface area contributed by atoms with Crippen molar-refractivity contribution < 1.29 is 14.6 Å². The highest BCUT2D eigenvalue weighted by atomic mass is 35.5. The number of aromatic nitrogens is 2. The van der Waals surface area contributed by atoms with Gasteiger partial charge < -0.3 is 14.6 Å². The van der Waals surface area contributed by atoms with E-state index < -0.39 is 0 Å². The Bertz CT molecular complexity index is 659. The van der Waals surface area contributed by atoms with Crippen molar-refractivity contribution in [2.75, 3.05) is 7.11 Å². The molecule has 0 saturated heterocycles. The molecule has 110 valence electrons. The third kappa shape index (κ3) is 3.25. The van der Waals surface area contributed by atoms with Crippen molar-refractivity contribution in [3.8, 4) is 17.4 Å². The van der Waals surface area contributed by atoms with Crippen LogP contribution in [0.1, 0.15) is 30.1 Å². The predicted octanol–water partition coefficient (Wildman–Crippen LogP) is 3.30. The van der Waals surface area contributed by atoms with Crippen molar-refractivity contribution in [3.63, 3.8) is 0 Å². The summed E-state index contributed by atoms with van der Waals surface area (Å²) in [6, 6.07) is 6.80. The summed E-state index contributed by atoms with van der Waals surface area (Å²) in [5.41, 5.74) is 0.749. The molecule has 1 aliphatic carbocycles. The Morgan fingerprint density at radius 3 is 2.71 bits per heavy atom. The number of ether oxygens (including phenoxy) is 2. The average Bonchev–Trinajstić information content (AvgIpc) is 3.31. The summed E-state index contributed by atoms with van der Waals surface area (Å²) in [7, 11) is 1.55. The van der Waals surface area contributed by atoms with Gasteiger partial charge in [-0.3, -0.25) is 0 Å². The molecule has 1 aromatic carbocycles. The normalized spacial score (nSPS) is 14.0. The molecule has 5 nitrogen and oxygen atoms in total. The molecule has 3 rings (SSSR count). The summed E-state index contributed by atoms with van der Waals surface area (Å²) in [5, 5.41) is 9.51. The molecular formula is C15H15ClN2O3. The van der Waals surface area contributed by atoms with Crippen molar-refractivity contribution >= 4 is 11.6 Å². The van der Waals surface area contributed by atoms with Crippen LogP contribution in [0.3, 0.4) is 0 Å². The van der Waals surface area contributed by atoms with Gasteiger partial charge in [0.05, 0.1) is 13.7 Å². The number of aliphatic hydroxyl groups excluding tert-OH is 1. The summed E-state index contributed by atoms with van der Waals surface area (Å²) < 4.78 is 11.0. The molecule has 0 radical (unpaired) electrons. The fourth-order valence-electron chi connectivity index (χ4n) is 2.00.